The number of nitrogens with two attached hydrogens (primary N) is 1. The van der Waals surface area contributed by atoms with Crippen molar-refractivity contribution in [2.75, 3.05) is 11.9 Å². The molecule has 0 aliphatic heterocycles. The van der Waals surface area contributed by atoms with Crippen molar-refractivity contribution in [3.8, 4) is 0 Å². The molecule has 0 aliphatic carbocycles. The lowest BCUT2D eigenvalue weighted by molar-refractivity contribution is 0.305. The van der Waals surface area contributed by atoms with Crippen molar-refractivity contribution in [2.45, 2.75) is 26.7 Å². The summed E-state index contributed by atoms with van der Waals surface area (Å²) in [5.74, 6) is -0.0765. The summed E-state index contributed by atoms with van der Waals surface area (Å²) in [7, 11) is 0. The van der Waals surface area contributed by atoms with Crippen molar-refractivity contribution in [1.29, 1.82) is 0 Å². The highest BCUT2D eigenvalue weighted by Crippen LogP contribution is 2.23. The van der Waals surface area contributed by atoms with Crippen LogP contribution in [0.5, 0.6) is 0 Å². The molecular weight excluding hydrogens is 313 g/mol. The molecule has 6 heteroatoms. The monoisotopic (exact) mass is 331 g/mol. The van der Waals surface area contributed by atoms with Gasteiger partial charge in [0.05, 0.1) is 5.69 Å². The van der Waals surface area contributed by atoms with Gasteiger partial charge in [0.15, 0.2) is 0 Å². The Labute approximate surface area is 121 Å². The standard InChI is InChI=1S/C13H19BrFN3O/c1-13(2,12(16)18-19)6-3-7-17-11-5-4-9(14)8-10(11)15/h4-5,8,17,19H,3,6-7H2,1-2H3,(H2,16,18). The van der Waals surface area contributed by atoms with Gasteiger partial charge in [0.1, 0.15) is 11.7 Å². The van der Waals surface area contributed by atoms with Crippen LogP contribution in [-0.4, -0.2) is 17.6 Å². The largest absolute Gasteiger partial charge is 0.409 e. The van der Waals surface area contributed by atoms with Gasteiger partial charge in [-0.15, -0.1) is 0 Å². The van der Waals surface area contributed by atoms with Gasteiger partial charge in [-0.25, -0.2) is 4.39 Å². The maximum Gasteiger partial charge on any atom is 0.147 e. The Kier molecular flexibility index (Phi) is 5.60. The van der Waals surface area contributed by atoms with Gasteiger partial charge in [0.2, 0.25) is 0 Å². The summed E-state index contributed by atoms with van der Waals surface area (Å²) in [5.41, 5.74) is 5.71. The third kappa shape index (κ3) is 4.70. The summed E-state index contributed by atoms with van der Waals surface area (Å²) < 4.78 is 14.2. The average molecular weight is 332 g/mol. The molecule has 4 N–H and O–H groups in total. The molecule has 1 rings (SSSR count). The summed E-state index contributed by atoms with van der Waals surface area (Å²) in [4.78, 5) is 0. The first kappa shape index (κ1) is 15.8. The van der Waals surface area contributed by atoms with E-state index in [1.807, 2.05) is 13.8 Å². The van der Waals surface area contributed by atoms with Crippen LogP contribution in [0.15, 0.2) is 27.8 Å². The highest BCUT2D eigenvalue weighted by atomic mass is 79.9. The molecule has 0 heterocycles. The lowest BCUT2D eigenvalue weighted by atomic mass is 9.86. The molecule has 19 heavy (non-hydrogen) atoms. The fraction of sp³-hybridized carbons (Fsp3) is 0.462. The first-order chi connectivity index (χ1) is 8.86. The zero-order chi connectivity index (χ0) is 14.5. The maximum atomic E-state index is 13.5. The molecule has 0 saturated heterocycles. The molecule has 4 nitrogen and oxygen atoms in total. The molecule has 0 unspecified atom stereocenters. The van der Waals surface area contributed by atoms with Gasteiger partial charge >= 0.3 is 0 Å². The fourth-order valence-electron chi connectivity index (χ4n) is 1.65. The maximum absolute atomic E-state index is 13.5. The van der Waals surface area contributed by atoms with Gasteiger partial charge in [0, 0.05) is 16.4 Å². The first-order valence-electron chi connectivity index (χ1n) is 6.04. The Balaban J connectivity index is 2.43. The van der Waals surface area contributed by atoms with E-state index in [1.54, 1.807) is 12.1 Å². The topological polar surface area (TPSA) is 70.6 Å². The number of amidine groups is 1. The van der Waals surface area contributed by atoms with Crippen LogP contribution in [0.25, 0.3) is 0 Å². The van der Waals surface area contributed by atoms with E-state index in [4.69, 9.17) is 10.9 Å². The molecule has 0 aliphatic rings. The minimum Gasteiger partial charge on any atom is -0.409 e. The molecule has 1 aromatic carbocycles. The van der Waals surface area contributed by atoms with Gasteiger partial charge in [-0.1, -0.05) is 34.9 Å². The van der Waals surface area contributed by atoms with Crippen molar-refractivity contribution in [3.05, 3.63) is 28.5 Å². The number of oxime groups is 1. The molecular formula is C13H19BrFN3O. The molecule has 0 fully saturated rings. The molecule has 106 valence electrons. The van der Waals surface area contributed by atoms with E-state index < -0.39 is 0 Å². The number of rotatable bonds is 6. The number of hydrogen-bond acceptors (Lipinski definition) is 3. The predicted octanol–water partition coefficient (Wildman–Crippen LogP) is 3.55. The quantitative estimate of drug-likeness (QED) is 0.245. The van der Waals surface area contributed by atoms with Crippen molar-refractivity contribution in [2.24, 2.45) is 16.3 Å². The SMILES string of the molecule is CC(C)(CCCNc1ccc(Br)cc1F)C(N)=NO. The van der Waals surface area contributed by atoms with E-state index >= 15 is 0 Å². The molecule has 0 aromatic heterocycles. The summed E-state index contributed by atoms with van der Waals surface area (Å²) in [6.07, 6.45) is 1.53. The average Bonchev–Trinajstić information content (AvgIpc) is 2.35. The van der Waals surface area contributed by atoms with Gasteiger partial charge in [-0.05, 0) is 31.0 Å². The number of nitrogens with zero attached hydrogens (tertiary/aromatic N) is 1. The second-order valence-electron chi connectivity index (χ2n) is 5.02. The van der Waals surface area contributed by atoms with Gasteiger partial charge in [-0.2, -0.15) is 0 Å². The predicted molar refractivity (Wildman–Crippen MR) is 79.0 cm³/mol. The number of halogens is 2. The Bertz CT molecular complexity index is 463. The Morgan fingerprint density at radius 1 is 1.53 bits per heavy atom. The normalized spacial score (nSPS) is 12.5. The van der Waals surface area contributed by atoms with Crippen LogP contribution in [0.1, 0.15) is 26.7 Å². The zero-order valence-electron chi connectivity index (χ0n) is 11.1. The van der Waals surface area contributed by atoms with Crippen LogP contribution in [0.3, 0.4) is 0 Å². The number of nitrogens with one attached hydrogen (secondary N) is 1. The fourth-order valence-corrected chi connectivity index (χ4v) is 1.98. The second-order valence-corrected chi connectivity index (χ2v) is 5.94. The van der Waals surface area contributed by atoms with Crippen molar-refractivity contribution in [3.63, 3.8) is 0 Å². The molecule has 0 bridgehead atoms. The molecule has 1 aromatic rings. The summed E-state index contributed by atoms with van der Waals surface area (Å²) >= 11 is 3.21. The minimum atomic E-state index is -0.366. The number of hydrogen-bond donors (Lipinski definition) is 3. The van der Waals surface area contributed by atoms with Crippen molar-refractivity contribution in [1.82, 2.24) is 0 Å². The molecule has 0 saturated carbocycles. The summed E-state index contributed by atoms with van der Waals surface area (Å²) in [6.45, 7) is 4.44. The van der Waals surface area contributed by atoms with E-state index in [2.05, 4.69) is 26.4 Å². The lowest BCUT2D eigenvalue weighted by Gasteiger charge is -2.22. The number of anilines is 1. The van der Waals surface area contributed by atoms with E-state index in [0.717, 1.165) is 12.8 Å². The van der Waals surface area contributed by atoms with E-state index in [9.17, 15) is 4.39 Å². The first-order valence-corrected chi connectivity index (χ1v) is 6.83. The van der Waals surface area contributed by atoms with E-state index in [1.165, 1.54) is 6.07 Å². The lowest BCUT2D eigenvalue weighted by Crippen LogP contribution is -2.32. The smallest absolute Gasteiger partial charge is 0.147 e. The Hall–Kier alpha value is -1.30. The second kappa shape index (κ2) is 6.75. The van der Waals surface area contributed by atoms with E-state index in [0.29, 0.717) is 16.7 Å². The zero-order valence-corrected chi connectivity index (χ0v) is 12.7. The highest BCUT2D eigenvalue weighted by Gasteiger charge is 2.22. The Morgan fingerprint density at radius 2 is 2.21 bits per heavy atom. The molecule has 0 radical (unpaired) electrons. The van der Waals surface area contributed by atoms with Crippen LogP contribution in [0, 0.1) is 11.2 Å². The third-order valence-corrected chi connectivity index (χ3v) is 3.52. The van der Waals surface area contributed by atoms with E-state index in [-0.39, 0.29) is 17.1 Å². The molecule has 0 spiro atoms. The van der Waals surface area contributed by atoms with Crippen molar-refractivity contribution >= 4 is 27.5 Å². The van der Waals surface area contributed by atoms with Gasteiger partial charge < -0.3 is 16.3 Å². The minimum absolute atomic E-state index is 0.210. The Morgan fingerprint density at radius 3 is 2.79 bits per heavy atom. The number of benzene rings is 1. The van der Waals surface area contributed by atoms with Crippen LogP contribution < -0.4 is 11.1 Å². The van der Waals surface area contributed by atoms with Crippen LogP contribution in [0.2, 0.25) is 0 Å². The van der Waals surface area contributed by atoms with Crippen LogP contribution in [-0.2, 0) is 0 Å². The third-order valence-electron chi connectivity index (χ3n) is 3.03. The molecule has 0 amide bonds. The summed E-state index contributed by atoms with van der Waals surface area (Å²) in [6, 6.07) is 4.89. The van der Waals surface area contributed by atoms with Gasteiger partial charge in [0.25, 0.3) is 0 Å². The van der Waals surface area contributed by atoms with Crippen LogP contribution >= 0.6 is 15.9 Å². The van der Waals surface area contributed by atoms with Gasteiger partial charge in [-0.3, -0.25) is 0 Å². The molecule has 0 atom stereocenters. The van der Waals surface area contributed by atoms with Crippen LogP contribution in [0.4, 0.5) is 10.1 Å². The van der Waals surface area contributed by atoms with Crippen molar-refractivity contribution < 1.29 is 9.60 Å². The highest BCUT2D eigenvalue weighted by molar-refractivity contribution is 9.10. The summed E-state index contributed by atoms with van der Waals surface area (Å²) in [5, 5.41) is 14.7.